The molecule has 0 radical (unpaired) electrons. The first-order valence-electron chi connectivity index (χ1n) is 8.75. The number of fused-ring (bicyclic) bond motifs is 2. The predicted octanol–water partition coefficient (Wildman–Crippen LogP) is 6.66. The van der Waals surface area contributed by atoms with Crippen molar-refractivity contribution in [2.45, 2.75) is 12.9 Å². The Morgan fingerprint density at radius 1 is 1.00 bits per heavy atom. The topological polar surface area (TPSA) is 42.5 Å². The molecule has 0 unspecified atom stereocenters. The van der Waals surface area contributed by atoms with Gasteiger partial charge in [0.1, 0.15) is 11.5 Å². The monoisotopic (exact) mass is 418 g/mol. The highest BCUT2D eigenvalue weighted by atomic mass is 32.2. The molecule has 0 aliphatic carbocycles. The van der Waals surface area contributed by atoms with Gasteiger partial charge in [0.25, 0.3) is 0 Å². The van der Waals surface area contributed by atoms with Crippen LogP contribution in [0.4, 0.5) is 24.5 Å². The lowest BCUT2D eigenvalue weighted by Gasteiger charge is -2.12. The van der Waals surface area contributed by atoms with Crippen molar-refractivity contribution in [2.24, 2.45) is 0 Å². The Morgan fingerprint density at radius 2 is 1.79 bits per heavy atom. The van der Waals surface area contributed by atoms with Gasteiger partial charge in [-0.2, -0.15) is 0 Å². The molecule has 0 saturated heterocycles. The summed E-state index contributed by atoms with van der Waals surface area (Å²) in [5, 5.41) is 3.13. The van der Waals surface area contributed by atoms with Gasteiger partial charge in [-0.3, -0.25) is 0 Å². The molecule has 2 N–H and O–H groups in total. The van der Waals surface area contributed by atoms with Crippen LogP contribution in [0, 0.1) is 0 Å². The molecule has 0 atom stereocenters. The standard InChI is InChI=1S/C21H17F3N2O2S/c1-29-26-16-4-2-3-13(10-16)14-5-7-19-15(9-14)12-25-18-11-17(28-21(22,23)24)6-8-20(18)27-19/h2-11,25-26H,12H2,1H3. The predicted molar refractivity (Wildman–Crippen MR) is 110 cm³/mol. The van der Waals surface area contributed by atoms with E-state index in [2.05, 4.69) is 20.8 Å². The van der Waals surface area contributed by atoms with Crippen LogP contribution < -0.4 is 19.5 Å². The number of hydrogen-bond acceptors (Lipinski definition) is 5. The number of anilines is 2. The van der Waals surface area contributed by atoms with Gasteiger partial charge in [0, 0.05) is 30.1 Å². The average Bonchev–Trinajstić information content (AvgIpc) is 2.86. The summed E-state index contributed by atoms with van der Waals surface area (Å²) in [6, 6.07) is 17.9. The minimum atomic E-state index is -4.74. The van der Waals surface area contributed by atoms with E-state index in [1.165, 1.54) is 30.1 Å². The second-order valence-corrected chi connectivity index (χ2v) is 6.98. The maximum Gasteiger partial charge on any atom is 0.573 e. The Balaban J connectivity index is 1.60. The van der Waals surface area contributed by atoms with Crippen molar-refractivity contribution in [3.8, 4) is 28.4 Å². The van der Waals surface area contributed by atoms with Gasteiger partial charge >= 0.3 is 6.36 Å². The zero-order valence-corrected chi connectivity index (χ0v) is 16.2. The van der Waals surface area contributed by atoms with Gasteiger partial charge in [0.2, 0.25) is 0 Å². The molecule has 0 fully saturated rings. The van der Waals surface area contributed by atoms with Crippen LogP contribution in [-0.2, 0) is 6.54 Å². The van der Waals surface area contributed by atoms with Crippen molar-refractivity contribution in [1.82, 2.24) is 0 Å². The lowest BCUT2D eigenvalue weighted by molar-refractivity contribution is -0.274. The maximum absolute atomic E-state index is 12.5. The summed E-state index contributed by atoms with van der Waals surface area (Å²) in [7, 11) is 0. The number of nitrogens with one attached hydrogen (secondary N) is 2. The summed E-state index contributed by atoms with van der Waals surface area (Å²) in [6.07, 6.45) is -2.78. The van der Waals surface area contributed by atoms with E-state index < -0.39 is 6.36 Å². The molecule has 4 rings (SSSR count). The normalized spacial score (nSPS) is 12.7. The maximum atomic E-state index is 12.5. The van der Waals surface area contributed by atoms with E-state index in [-0.39, 0.29) is 5.75 Å². The van der Waals surface area contributed by atoms with E-state index in [1.54, 1.807) is 0 Å². The summed E-state index contributed by atoms with van der Waals surface area (Å²) in [5.41, 5.74) is 4.42. The van der Waals surface area contributed by atoms with Crippen molar-refractivity contribution in [1.29, 1.82) is 0 Å². The molecule has 3 aromatic carbocycles. The molecule has 4 nitrogen and oxygen atoms in total. The summed E-state index contributed by atoms with van der Waals surface area (Å²) in [5.74, 6) is 0.803. The fourth-order valence-electron chi connectivity index (χ4n) is 3.12. The van der Waals surface area contributed by atoms with Crippen molar-refractivity contribution in [2.75, 3.05) is 16.3 Å². The lowest BCUT2D eigenvalue weighted by atomic mass is 10.0. The summed E-state index contributed by atoms with van der Waals surface area (Å²) < 4.78 is 50.5. The van der Waals surface area contributed by atoms with E-state index >= 15 is 0 Å². The molecule has 0 bridgehead atoms. The molecule has 0 spiro atoms. The van der Waals surface area contributed by atoms with Gasteiger partial charge in [-0.05, 0) is 47.5 Å². The highest BCUT2D eigenvalue weighted by Crippen LogP contribution is 2.40. The molecule has 1 aliphatic heterocycles. The van der Waals surface area contributed by atoms with Crippen molar-refractivity contribution < 1.29 is 22.6 Å². The van der Waals surface area contributed by atoms with Crippen LogP contribution in [0.25, 0.3) is 11.1 Å². The zero-order valence-electron chi connectivity index (χ0n) is 15.3. The molecular formula is C21H17F3N2O2S. The summed E-state index contributed by atoms with van der Waals surface area (Å²) in [4.78, 5) is 0. The van der Waals surface area contributed by atoms with Crippen LogP contribution in [0.3, 0.4) is 0 Å². The average molecular weight is 418 g/mol. The second-order valence-electron chi connectivity index (χ2n) is 6.37. The van der Waals surface area contributed by atoms with E-state index in [0.717, 1.165) is 22.4 Å². The third-order valence-corrected chi connectivity index (χ3v) is 4.79. The number of benzene rings is 3. The SMILES string of the molecule is CSNc1cccc(-c2ccc3c(c2)CNc2cc(OC(F)(F)F)ccc2O3)c1. The van der Waals surface area contributed by atoms with Crippen LogP contribution >= 0.6 is 11.9 Å². The van der Waals surface area contributed by atoms with Crippen molar-refractivity contribution >= 4 is 23.3 Å². The molecule has 1 heterocycles. The Labute approximate surface area is 170 Å². The molecule has 0 saturated carbocycles. The molecular weight excluding hydrogens is 401 g/mol. The summed E-state index contributed by atoms with van der Waals surface area (Å²) in [6.45, 7) is 0.411. The van der Waals surface area contributed by atoms with Gasteiger partial charge in [0.15, 0.2) is 5.75 Å². The van der Waals surface area contributed by atoms with E-state index in [0.29, 0.717) is 23.7 Å². The van der Waals surface area contributed by atoms with Gasteiger partial charge in [-0.15, -0.1) is 13.2 Å². The van der Waals surface area contributed by atoms with Gasteiger partial charge < -0.3 is 19.5 Å². The largest absolute Gasteiger partial charge is 0.573 e. The number of halogens is 3. The van der Waals surface area contributed by atoms with Gasteiger partial charge in [0.05, 0.1) is 5.69 Å². The molecule has 8 heteroatoms. The lowest BCUT2D eigenvalue weighted by Crippen LogP contribution is -2.17. The Kier molecular flexibility index (Phi) is 5.19. The smallest absolute Gasteiger partial charge is 0.455 e. The molecule has 29 heavy (non-hydrogen) atoms. The second kappa shape index (κ2) is 7.79. The Morgan fingerprint density at radius 3 is 2.59 bits per heavy atom. The number of ether oxygens (including phenoxy) is 2. The zero-order chi connectivity index (χ0) is 20.4. The highest BCUT2D eigenvalue weighted by molar-refractivity contribution is 7.99. The molecule has 150 valence electrons. The first-order valence-corrected chi connectivity index (χ1v) is 9.98. The van der Waals surface area contributed by atoms with Crippen LogP contribution in [0.5, 0.6) is 17.2 Å². The van der Waals surface area contributed by atoms with E-state index in [9.17, 15) is 13.2 Å². The molecule has 0 amide bonds. The minimum absolute atomic E-state index is 0.294. The number of alkyl halides is 3. The van der Waals surface area contributed by atoms with Crippen LogP contribution in [-0.4, -0.2) is 12.6 Å². The van der Waals surface area contributed by atoms with Crippen LogP contribution in [0.15, 0.2) is 60.7 Å². The van der Waals surface area contributed by atoms with Crippen molar-refractivity contribution in [3.05, 3.63) is 66.2 Å². The molecule has 0 aromatic heterocycles. The van der Waals surface area contributed by atoms with E-state index in [4.69, 9.17) is 4.74 Å². The molecule has 3 aromatic rings. The third-order valence-electron chi connectivity index (χ3n) is 4.35. The quantitative estimate of drug-likeness (QED) is 0.464. The van der Waals surface area contributed by atoms with Gasteiger partial charge in [-0.1, -0.05) is 30.1 Å². The van der Waals surface area contributed by atoms with Crippen LogP contribution in [0.1, 0.15) is 5.56 Å². The van der Waals surface area contributed by atoms with Gasteiger partial charge in [-0.25, -0.2) is 0 Å². The Hall–Kier alpha value is -3.00. The number of hydrogen-bond donors (Lipinski definition) is 2. The Bertz CT molecular complexity index is 1040. The number of rotatable bonds is 4. The molecule has 1 aliphatic rings. The summed E-state index contributed by atoms with van der Waals surface area (Å²) >= 11 is 1.52. The minimum Gasteiger partial charge on any atom is -0.455 e. The fraction of sp³-hybridized carbons (Fsp3) is 0.143. The first kappa shape index (κ1) is 19.3. The fourth-order valence-corrected chi connectivity index (χ4v) is 3.48. The van der Waals surface area contributed by atoms with Crippen LogP contribution in [0.2, 0.25) is 0 Å². The third kappa shape index (κ3) is 4.54. The van der Waals surface area contributed by atoms with Crippen molar-refractivity contribution in [3.63, 3.8) is 0 Å². The first-order chi connectivity index (χ1) is 13.9. The highest BCUT2D eigenvalue weighted by Gasteiger charge is 2.31. The van der Waals surface area contributed by atoms with E-state index in [1.807, 2.05) is 42.7 Å².